The summed E-state index contributed by atoms with van der Waals surface area (Å²) in [5, 5.41) is 22.1. The zero-order chi connectivity index (χ0) is 16.8. The minimum absolute atomic E-state index is 0.437. The largest absolute Gasteiger partial charge is 0.394 e. The minimum atomic E-state index is -1.25. The van der Waals surface area contributed by atoms with Crippen LogP contribution in [0.2, 0.25) is 0 Å². The van der Waals surface area contributed by atoms with Gasteiger partial charge in [-0.1, -0.05) is 77.8 Å². The Kier molecular flexibility index (Phi) is 6.42. The topological polar surface area (TPSA) is 69.6 Å². The van der Waals surface area contributed by atoms with E-state index in [2.05, 4.69) is 5.32 Å². The lowest BCUT2D eigenvalue weighted by Gasteiger charge is -2.23. The van der Waals surface area contributed by atoms with Gasteiger partial charge in [-0.05, 0) is 16.7 Å². The van der Waals surface area contributed by atoms with Crippen molar-refractivity contribution in [3.63, 3.8) is 0 Å². The third-order valence-corrected chi connectivity index (χ3v) is 3.86. The lowest BCUT2D eigenvalue weighted by atomic mass is 9.99. The number of hydrogen-bond acceptors (Lipinski definition) is 3. The molecule has 0 aliphatic rings. The molecule has 4 nitrogen and oxygen atoms in total. The Morgan fingerprint density at radius 1 is 1.00 bits per heavy atom. The normalized spacial score (nSPS) is 13.6. The van der Waals surface area contributed by atoms with Gasteiger partial charge in [0.1, 0.15) is 6.10 Å². The number of benzene rings is 2. The average molecular weight is 354 g/mol. The highest BCUT2D eigenvalue weighted by atomic mass is 35.5. The molecular formula is C17H17Cl2NO3. The number of rotatable bonds is 6. The van der Waals surface area contributed by atoms with Gasteiger partial charge >= 0.3 is 0 Å². The number of hydrogen-bond donors (Lipinski definition) is 3. The maximum absolute atomic E-state index is 11.5. The molecule has 0 unspecified atom stereocenters. The van der Waals surface area contributed by atoms with Gasteiger partial charge in [0.15, 0.2) is 4.84 Å². The second-order valence-electron chi connectivity index (χ2n) is 5.03. The average Bonchev–Trinajstić information content (AvgIpc) is 2.59. The van der Waals surface area contributed by atoms with Crippen molar-refractivity contribution in [2.45, 2.75) is 17.0 Å². The Labute approximate surface area is 144 Å². The van der Waals surface area contributed by atoms with Crippen LogP contribution in [0.25, 0.3) is 11.1 Å². The Morgan fingerprint density at radius 2 is 1.57 bits per heavy atom. The standard InChI is InChI=1S/C17H17Cl2NO3/c18-16(19)17(23)20-14(10-21)15(22)13-8-6-12(7-9-13)11-4-2-1-3-5-11/h1-9,14-16,21-22H,10H2,(H,20,23)/t14-,15-/m1/s1. The summed E-state index contributed by atoms with van der Waals surface area (Å²) in [6.07, 6.45) is -1.07. The molecule has 0 heterocycles. The van der Waals surface area contributed by atoms with Crippen molar-refractivity contribution in [3.8, 4) is 11.1 Å². The molecule has 0 bridgehead atoms. The van der Waals surface area contributed by atoms with E-state index in [1.165, 1.54) is 0 Å². The maximum Gasteiger partial charge on any atom is 0.253 e. The zero-order valence-corrected chi connectivity index (χ0v) is 13.7. The highest BCUT2D eigenvalue weighted by molar-refractivity contribution is 6.53. The van der Waals surface area contributed by atoms with Gasteiger partial charge < -0.3 is 15.5 Å². The first kappa shape index (κ1) is 17.8. The lowest BCUT2D eigenvalue weighted by molar-refractivity contribution is -0.121. The molecule has 2 atom stereocenters. The molecule has 0 aliphatic carbocycles. The maximum atomic E-state index is 11.5. The number of halogens is 2. The third kappa shape index (κ3) is 4.69. The fraction of sp³-hybridized carbons (Fsp3) is 0.235. The van der Waals surface area contributed by atoms with Crippen LogP contribution in [0.3, 0.4) is 0 Å². The van der Waals surface area contributed by atoms with Crippen molar-refractivity contribution in [2.24, 2.45) is 0 Å². The Hall–Kier alpha value is -1.59. The zero-order valence-electron chi connectivity index (χ0n) is 12.2. The molecule has 122 valence electrons. The number of alkyl halides is 2. The molecule has 0 saturated heterocycles. The van der Waals surface area contributed by atoms with Crippen LogP contribution < -0.4 is 5.32 Å². The van der Waals surface area contributed by atoms with Crippen LogP contribution >= 0.6 is 23.2 Å². The van der Waals surface area contributed by atoms with Crippen molar-refractivity contribution in [2.75, 3.05) is 6.61 Å². The van der Waals surface area contributed by atoms with Crippen LogP contribution in [0.15, 0.2) is 54.6 Å². The SMILES string of the molecule is O=C(N[C@H](CO)[C@H](O)c1ccc(-c2ccccc2)cc1)C(Cl)Cl. The van der Waals surface area contributed by atoms with E-state index >= 15 is 0 Å². The van der Waals surface area contributed by atoms with Crippen molar-refractivity contribution >= 4 is 29.1 Å². The highest BCUT2D eigenvalue weighted by Gasteiger charge is 2.24. The molecule has 0 aromatic heterocycles. The summed E-state index contributed by atoms with van der Waals surface area (Å²) < 4.78 is 0. The van der Waals surface area contributed by atoms with E-state index < -0.39 is 29.5 Å². The van der Waals surface area contributed by atoms with Crippen LogP contribution in [0.5, 0.6) is 0 Å². The van der Waals surface area contributed by atoms with Crippen LogP contribution in [-0.2, 0) is 4.79 Å². The van der Waals surface area contributed by atoms with Gasteiger partial charge in [0, 0.05) is 0 Å². The number of aliphatic hydroxyl groups is 2. The first-order chi connectivity index (χ1) is 11.0. The summed E-state index contributed by atoms with van der Waals surface area (Å²) >= 11 is 10.9. The third-order valence-electron chi connectivity index (χ3n) is 3.46. The Morgan fingerprint density at radius 3 is 2.09 bits per heavy atom. The molecule has 0 saturated carbocycles. The molecule has 0 aliphatic heterocycles. The van der Waals surface area contributed by atoms with Gasteiger partial charge in [-0.25, -0.2) is 0 Å². The predicted octanol–water partition coefficient (Wildman–Crippen LogP) is 2.67. The summed E-state index contributed by atoms with van der Waals surface area (Å²) in [4.78, 5) is 10.2. The quantitative estimate of drug-likeness (QED) is 0.699. The second-order valence-corrected chi connectivity index (χ2v) is 6.13. The monoisotopic (exact) mass is 353 g/mol. The molecule has 3 N–H and O–H groups in total. The van der Waals surface area contributed by atoms with Crippen LogP contribution in [0, 0.1) is 0 Å². The summed E-state index contributed by atoms with van der Waals surface area (Å²) in [6.45, 7) is -0.437. The smallest absolute Gasteiger partial charge is 0.253 e. The number of amides is 1. The molecule has 0 radical (unpaired) electrons. The van der Waals surface area contributed by atoms with Gasteiger partial charge in [0.2, 0.25) is 0 Å². The number of carbonyl (C=O) groups excluding carboxylic acids is 1. The molecule has 0 fully saturated rings. The first-order valence-electron chi connectivity index (χ1n) is 7.05. The van der Waals surface area contributed by atoms with Crippen LogP contribution in [0.4, 0.5) is 0 Å². The van der Waals surface area contributed by atoms with Crippen LogP contribution in [-0.4, -0.2) is 33.6 Å². The molecule has 6 heteroatoms. The van der Waals surface area contributed by atoms with E-state index in [-0.39, 0.29) is 0 Å². The van der Waals surface area contributed by atoms with Gasteiger partial charge in [0.05, 0.1) is 12.6 Å². The van der Waals surface area contributed by atoms with Gasteiger partial charge in [-0.2, -0.15) is 0 Å². The number of carbonyl (C=O) groups is 1. The predicted molar refractivity (Wildman–Crippen MR) is 91.3 cm³/mol. The molecule has 23 heavy (non-hydrogen) atoms. The molecular weight excluding hydrogens is 337 g/mol. The molecule has 2 rings (SSSR count). The molecule has 2 aromatic rings. The fourth-order valence-electron chi connectivity index (χ4n) is 2.21. The lowest BCUT2D eigenvalue weighted by Crippen LogP contribution is -2.44. The summed E-state index contributed by atoms with van der Waals surface area (Å²) in [6, 6.07) is 16.2. The first-order valence-corrected chi connectivity index (χ1v) is 7.93. The number of nitrogens with one attached hydrogen (secondary N) is 1. The summed E-state index contributed by atoms with van der Waals surface area (Å²) in [5.41, 5.74) is 2.64. The van der Waals surface area contributed by atoms with E-state index in [0.29, 0.717) is 5.56 Å². The van der Waals surface area contributed by atoms with E-state index in [9.17, 15) is 15.0 Å². The molecule has 1 amide bonds. The van der Waals surface area contributed by atoms with Gasteiger partial charge in [-0.15, -0.1) is 0 Å². The van der Waals surface area contributed by atoms with Crippen molar-refractivity contribution in [1.82, 2.24) is 5.32 Å². The summed E-state index contributed by atoms with van der Waals surface area (Å²) in [5.74, 6) is -0.660. The van der Waals surface area contributed by atoms with Crippen molar-refractivity contribution in [1.29, 1.82) is 0 Å². The molecule has 2 aromatic carbocycles. The van der Waals surface area contributed by atoms with Gasteiger partial charge in [-0.3, -0.25) is 4.79 Å². The minimum Gasteiger partial charge on any atom is -0.394 e. The van der Waals surface area contributed by atoms with E-state index in [4.69, 9.17) is 23.2 Å². The number of aliphatic hydroxyl groups excluding tert-OH is 2. The summed E-state index contributed by atoms with van der Waals surface area (Å²) in [7, 11) is 0. The van der Waals surface area contributed by atoms with Crippen molar-refractivity contribution < 1.29 is 15.0 Å². The van der Waals surface area contributed by atoms with Crippen LogP contribution in [0.1, 0.15) is 11.7 Å². The van der Waals surface area contributed by atoms with E-state index in [1.54, 1.807) is 12.1 Å². The Bertz CT molecular complexity index is 632. The Balaban J connectivity index is 2.12. The molecule has 0 spiro atoms. The second kappa shape index (κ2) is 8.31. The van der Waals surface area contributed by atoms with Crippen molar-refractivity contribution in [3.05, 3.63) is 60.2 Å². The fourth-order valence-corrected chi connectivity index (χ4v) is 2.33. The van der Waals surface area contributed by atoms with E-state index in [0.717, 1.165) is 11.1 Å². The van der Waals surface area contributed by atoms with E-state index in [1.807, 2.05) is 42.5 Å². The van der Waals surface area contributed by atoms with Gasteiger partial charge in [0.25, 0.3) is 5.91 Å². The highest BCUT2D eigenvalue weighted by Crippen LogP contribution is 2.23.